The molecule has 46 heavy (non-hydrogen) atoms. The number of anilines is 2. The summed E-state index contributed by atoms with van der Waals surface area (Å²) in [6.45, 7) is 0.467. The molecule has 3 aromatic rings. The zero-order valence-corrected chi connectivity index (χ0v) is 27.1. The van der Waals surface area contributed by atoms with Crippen molar-refractivity contribution in [2.45, 2.75) is 88.8 Å². The summed E-state index contributed by atoms with van der Waals surface area (Å²) in [5.41, 5.74) is 8.90. The van der Waals surface area contributed by atoms with Crippen LogP contribution in [0.2, 0.25) is 0 Å². The van der Waals surface area contributed by atoms with Crippen LogP contribution in [0.4, 0.5) is 11.8 Å². The number of aromatic nitrogens is 2. The van der Waals surface area contributed by atoms with Crippen molar-refractivity contribution in [2.75, 3.05) is 30.9 Å². The highest BCUT2D eigenvalue weighted by Crippen LogP contribution is 2.30. The maximum Gasteiger partial charge on any atom is 0.261 e. The summed E-state index contributed by atoms with van der Waals surface area (Å²) in [5.74, 6) is 0.380. The summed E-state index contributed by atoms with van der Waals surface area (Å²) < 4.78 is 0. The van der Waals surface area contributed by atoms with Crippen LogP contribution in [0, 0.1) is 0 Å². The van der Waals surface area contributed by atoms with Crippen LogP contribution in [-0.4, -0.2) is 71.4 Å². The maximum atomic E-state index is 14.0. The molecule has 1 atom stereocenters. The van der Waals surface area contributed by atoms with Gasteiger partial charge in [-0.15, -0.1) is 0 Å². The van der Waals surface area contributed by atoms with Crippen LogP contribution in [0.25, 0.3) is 0 Å². The van der Waals surface area contributed by atoms with Crippen LogP contribution in [0.5, 0.6) is 0 Å². The standard InChI is InChI=1S/C36H47N7O3/c1-42(2)32-29-17-9-10-18-30(29)40-36(41-32)39-28-22-20-27(21-23-28)38-33(44)31(19-11-12-24-37)43(34(45)25-13-5-3-6-14-25)35(46)26-15-7-4-8-16-26/h3-8,13-16,27-28,31H,9-12,17-24,37H2,1-2H3,(H,38,44)(H,39,40,41). The van der Waals surface area contributed by atoms with Gasteiger partial charge in [-0.2, -0.15) is 4.98 Å². The number of nitrogens with one attached hydrogen (secondary N) is 2. The third-order valence-corrected chi connectivity index (χ3v) is 9.02. The summed E-state index contributed by atoms with van der Waals surface area (Å²) in [6, 6.07) is 16.5. The van der Waals surface area contributed by atoms with Gasteiger partial charge in [-0.1, -0.05) is 36.4 Å². The van der Waals surface area contributed by atoms with Crippen molar-refractivity contribution in [2.24, 2.45) is 5.73 Å². The fourth-order valence-electron chi connectivity index (χ4n) is 6.55. The van der Waals surface area contributed by atoms with E-state index in [1.54, 1.807) is 48.5 Å². The molecule has 1 aromatic heterocycles. The average molecular weight is 626 g/mol. The molecule has 0 bridgehead atoms. The number of amides is 3. The van der Waals surface area contributed by atoms with Crippen LogP contribution in [0.1, 0.15) is 89.8 Å². The third kappa shape index (κ3) is 8.09. The number of rotatable bonds is 12. The van der Waals surface area contributed by atoms with E-state index in [9.17, 15) is 14.4 Å². The molecule has 2 aromatic carbocycles. The van der Waals surface area contributed by atoms with Crippen LogP contribution in [-0.2, 0) is 17.6 Å². The Morgan fingerprint density at radius 3 is 2.00 bits per heavy atom. The number of imide groups is 1. The highest BCUT2D eigenvalue weighted by atomic mass is 16.2. The number of carbonyl (C=O) groups excluding carboxylic acids is 3. The Kier molecular flexibility index (Phi) is 11.4. The van der Waals surface area contributed by atoms with E-state index < -0.39 is 17.9 Å². The van der Waals surface area contributed by atoms with Crippen LogP contribution >= 0.6 is 0 Å². The van der Waals surface area contributed by atoms with Gasteiger partial charge in [0.05, 0.1) is 5.69 Å². The highest BCUT2D eigenvalue weighted by molar-refractivity contribution is 6.12. The number of nitrogens with two attached hydrogens (primary N) is 1. The minimum absolute atomic E-state index is 0.0650. The normalized spacial score (nSPS) is 18.2. The summed E-state index contributed by atoms with van der Waals surface area (Å²) in [5, 5.41) is 6.78. The predicted octanol–water partition coefficient (Wildman–Crippen LogP) is 4.74. The molecule has 10 heteroatoms. The molecule has 244 valence electrons. The molecule has 0 spiro atoms. The second-order valence-corrected chi connectivity index (χ2v) is 12.6. The van der Waals surface area contributed by atoms with E-state index >= 15 is 0 Å². The van der Waals surface area contributed by atoms with E-state index in [4.69, 9.17) is 15.7 Å². The Balaban J connectivity index is 1.29. The number of unbranched alkanes of at least 4 members (excludes halogenated alkanes) is 1. The summed E-state index contributed by atoms with van der Waals surface area (Å²) in [6.07, 6.45) is 9.18. The van der Waals surface area contributed by atoms with Gasteiger partial charge >= 0.3 is 0 Å². The first kappa shape index (κ1) is 33.1. The van der Waals surface area contributed by atoms with E-state index in [2.05, 4.69) is 15.5 Å². The van der Waals surface area contributed by atoms with E-state index in [1.807, 2.05) is 26.2 Å². The van der Waals surface area contributed by atoms with E-state index in [-0.39, 0.29) is 18.0 Å². The highest BCUT2D eigenvalue weighted by Gasteiger charge is 2.37. The molecule has 3 amide bonds. The number of nitrogens with zero attached hydrogens (tertiary/aromatic N) is 4. The Morgan fingerprint density at radius 2 is 1.41 bits per heavy atom. The molecule has 1 fully saturated rings. The van der Waals surface area contributed by atoms with Gasteiger partial charge in [0.2, 0.25) is 11.9 Å². The molecule has 5 rings (SSSR count). The van der Waals surface area contributed by atoms with Crippen molar-refractivity contribution in [3.05, 3.63) is 83.0 Å². The monoisotopic (exact) mass is 625 g/mol. The van der Waals surface area contributed by atoms with Gasteiger partial charge in [-0.25, -0.2) is 4.98 Å². The third-order valence-electron chi connectivity index (χ3n) is 9.02. The van der Waals surface area contributed by atoms with E-state index in [0.717, 1.165) is 61.4 Å². The van der Waals surface area contributed by atoms with Crippen molar-refractivity contribution in [1.82, 2.24) is 20.2 Å². The molecule has 1 heterocycles. The molecule has 10 nitrogen and oxygen atoms in total. The molecule has 2 aliphatic carbocycles. The van der Waals surface area contributed by atoms with E-state index in [1.165, 1.54) is 12.0 Å². The van der Waals surface area contributed by atoms with E-state index in [0.29, 0.717) is 42.9 Å². The lowest BCUT2D eigenvalue weighted by molar-refractivity contribution is -0.126. The SMILES string of the molecule is CN(C)c1nc(NC2CCC(NC(=O)C(CCCCN)N(C(=O)c3ccccc3)C(=O)c3ccccc3)CC2)nc2c1CCCC2. The fraction of sp³-hybridized carbons (Fsp3) is 0.472. The lowest BCUT2D eigenvalue weighted by Crippen LogP contribution is -2.54. The Morgan fingerprint density at radius 1 is 0.826 bits per heavy atom. The fourth-order valence-corrected chi connectivity index (χ4v) is 6.55. The zero-order valence-electron chi connectivity index (χ0n) is 27.1. The number of hydrogen-bond acceptors (Lipinski definition) is 8. The number of fused-ring (bicyclic) bond motifs is 1. The molecule has 0 aliphatic heterocycles. The Bertz CT molecular complexity index is 1420. The van der Waals surface area contributed by atoms with Crippen LogP contribution in [0.15, 0.2) is 60.7 Å². The number of aryl methyl sites for hydroxylation is 1. The molecule has 0 radical (unpaired) electrons. The lowest BCUT2D eigenvalue weighted by atomic mass is 9.90. The largest absolute Gasteiger partial charge is 0.362 e. The Labute approximate surface area is 272 Å². The topological polar surface area (TPSA) is 134 Å². The number of carbonyl (C=O) groups is 3. The lowest BCUT2D eigenvalue weighted by Gasteiger charge is -2.34. The molecule has 1 unspecified atom stereocenters. The van der Waals surface area contributed by atoms with Gasteiger partial charge < -0.3 is 21.3 Å². The minimum Gasteiger partial charge on any atom is -0.362 e. The van der Waals surface area contributed by atoms with Gasteiger partial charge in [-0.05, 0) is 101 Å². The van der Waals surface area contributed by atoms with Crippen molar-refractivity contribution >= 4 is 29.5 Å². The van der Waals surface area contributed by atoms with Crippen molar-refractivity contribution < 1.29 is 14.4 Å². The first-order chi connectivity index (χ1) is 22.4. The van der Waals surface area contributed by atoms with Crippen molar-refractivity contribution in [3.63, 3.8) is 0 Å². The van der Waals surface area contributed by atoms with Gasteiger partial charge in [0, 0.05) is 42.9 Å². The van der Waals surface area contributed by atoms with Gasteiger partial charge in [0.25, 0.3) is 11.8 Å². The maximum absolute atomic E-state index is 14.0. The first-order valence-electron chi connectivity index (χ1n) is 16.7. The predicted molar refractivity (Wildman–Crippen MR) is 181 cm³/mol. The van der Waals surface area contributed by atoms with Crippen molar-refractivity contribution in [1.29, 1.82) is 0 Å². The second kappa shape index (κ2) is 15.8. The molecule has 1 saturated carbocycles. The summed E-state index contributed by atoms with van der Waals surface area (Å²) in [4.78, 5) is 54.7. The van der Waals surface area contributed by atoms with Gasteiger partial charge in [-0.3, -0.25) is 19.3 Å². The smallest absolute Gasteiger partial charge is 0.261 e. The zero-order chi connectivity index (χ0) is 32.5. The molecule has 0 saturated heterocycles. The molecular weight excluding hydrogens is 578 g/mol. The van der Waals surface area contributed by atoms with Crippen LogP contribution in [0.3, 0.4) is 0 Å². The average Bonchev–Trinajstić information content (AvgIpc) is 3.08. The van der Waals surface area contributed by atoms with Gasteiger partial charge in [0.1, 0.15) is 11.9 Å². The second-order valence-electron chi connectivity index (χ2n) is 12.6. The van der Waals surface area contributed by atoms with Crippen molar-refractivity contribution in [3.8, 4) is 0 Å². The molecule has 2 aliphatic rings. The minimum atomic E-state index is -0.962. The number of benzene rings is 2. The van der Waals surface area contributed by atoms with Crippen LogP contribution < -0.4 is 21.3 Å². The summed E-state index contributed by atoms with van der Waals surface area (Å²) >= 11 is 0. The molecular formula is C36H47N7O3. The first-order valence-corrected chi connectivity index (χ1v) is 16.7. The Hall–Kier alpha value is -4.31. The summed E-state index contributed by atoms with van der Waals surface area (Å²) in [7, 11) is 4.06. The number of hydrogen-bond donors (Lipinski definition) is 3. The molecule has 4 N–H and O–H groups in total. The van der Waals surface area contributed by atoms with Gasteiger partial charge in [0.15, 0.2) is 0 Å². The quantitative estimate of drug-likeness (QED) is 0.194.